The van der Waals surface area contributed by atoms with Gasteiger partial charge in [0.15, 0.2) is 16.7 Å². The van der Waals surface area contributed by atoms with E-state index in [-0.39, 0.29) is 17.2 Å². The Morgan fingerprint density at radius 2 is 1.94 bits per heavy atom. The molecule has 0 atom stereocenters. The molecule has 10 heteroatoms. The number of hydrogen-bond acceptors (Lipinski definition) is 8. The van der Waals surface area contributed by atoms with Crippen molar-refractivity contribution in [1.82, 2.24) is 15.4 Å². The lowest BCUT2D eigenvalue weighted by molar-refractivity contribution is -0.118. The van der Waals surface area contributed by atoms with E-state index in [0.717, 1.165) is 34.0 Å². The van der Waals surface area contributed by atoms with E-state index in [1.54, 1.807) is 32.4 Å². The van der Waals surface area contributed by atoms with Crippen LogP contribution in [-0.4, -0.2) is 42.1 Å². The predicted octanol–water partition coefficient (Wildman–Crippen LogP) is 4.22. The van der Waals surface area contributed by atoms with Crippen LogP contribution in [0.4, 0.5) is 0 Å². The first-order valence-corrected chi connectivity index (χ1v) is 12.1. The third-order valence-electron chi connectivity index (χ3n) is 4.94. The molecule has 1 amide bonds. The Hall–Kier alpha value is -3.63. The van der Waals surface area contributed by atoms with Gasteiger partial charge in [0.05, 0.1) is 31.6 Å². The molecular weight excluding hydrogens is 472 g/mol. The lowest BCUT2D eigenvalue weighted by Crippen LogP contribution is -2.20. The number of ether oxygens (including phenoxy) is 2. The molecule has 0 saturated heterocycles. The van der Waals surface area contributed by atoms with Crippen LogP contribution >= 0.6 is 23.1 Å². The largest absolute Gasteiger partial charge is 0.493 e. The molecule has 2 aromatic carbocycles. The zero-order chi connectivity index (χ0) is 24.1. The number of rotatable bonds is 8. The van der Waals surface area contributed by atoms with Gasteiger partial charge in [-0.3, -0.25) is 9.59 Å². The number of fused-ring (bicyclic) bond motifs is 1. The van der Waals surface area contributed by atoms with Gasteiger partial charge in [0.2, 0.25) is 0 Å². The summed E-state index contributed by atoms with van der Waals surface area (Å²) >= 11 is 2.54. The molecule has 0 saturated carbocycles. The van der Waals surface area contributed by atoms with Crippen LogP contribution in [0.3, 0.4) is 0 Å². The van der Waals surface area contributed by atoms with Crippen LogP contribution in [0.1, 0.15) is 11.1 Å². The van der Waals surface area contributed by atoms with Gasteiger partial charge in [-0.15, -0.1) is 11.3 Å². The zero-order valence-corrected chi connectivity index (χ0v) is 20.4. The predicted molar refractivity (Wildman–Crippen MR) is 136 cm³/mol. The quantitative estimate of drug-likeness (QED) is 0.164. The molecule has 0 spiro atoms. The Kier molecular flexibility index (Phi) is 7.29. The summed E-state index contributed by atoms with van der Waals surface area (Å²) in [6.45, 7) is 2.02. The van der Waals surface area contributed by atoms with Gasteiger partial charge in [-0.1, -0.05) is 41.6 Å². The summed E-state index contributed by atoms with van der Waals surface area (Å²) in [6, 6.07) is 13.3. The minimum atomic E-state index is -0.323. The van der Waals surface area contributed by atoms with E-state index < -0.39 is 0 Å². The Morgan fingerprint density at radius 3 is 2.68 bits per heavy atom. The Balaban J connectivity index is 1.39. The number of H-pyrrole nitrogens is 1. The molecule has 34 heavy (non-hydrogen) atoms. The summed E-state index contributed by atoms with van der Waals surface area (Å²) in [5, 5.41) is 6.84. The van der Waals surface area contributed by atoms with Gasteiger partial charge in [-0.25, -0.2) is 10.4 Å². The van der Waals surface area contributed by atoms with Crippen molar-refractivity contribution in [1.29, 1.82) is 0 Å². The molecule has 0 radical (unpaired) electrons. The van der Waals surface area contributed by atoms with Crippen molar-refractivity contribution in [2.75, 3.05) is 20.0 Å². The standard InChI is InChI=1S/C24H22N4O4S2/c1-14-4-7-16(8-5-14)17-12-33-23-21(17)22(30)26-24(27-23)34-13-20(29)28-25-11-15-6-9-18(31-2)19(10-15)32-3/h4-12H,13H2,1-3H3,(H,28,29)(H,26,27,30)/b25-11+. The number of nitrogens with one attached hydrogen (secondary N) is 2. The molecule has 4 rings (SSSR count). The van der Waals surface area contributed by atoms with Gasteiger partial charge < -0.3 is 14.5 Å². The number of aromatic amines is 1. The number of aromatic nitrogens is 2. The highest BCUT2D eigenvalue weighted by Gasteiger charge is 2.14. The number of nitrogens with zero attached hydrogens (tertiary/aromatic N) is 2. The summed E-state index contributed by atoms with van der Waals surface area (Å²) in [4.78, 5) is 32.9. The molecule has 2 aromatic heterocycles. The molecular formula is C24H22N4O4S2. The molecule has 174 valence electrons. The summed E-state index contributed by atoms with van der Waals surface area (Å²) < 4.78 is 10.4. The third kappa shape index (κ3) is 5.29. The maximum Gasteiger partial charge on any atom is 0.260 e. The first kappa shape index (κ1) is 23.5. The second-order valence-corrected chi connectivity index (χ2v) is 9.09. The number of hydrogen-bond donors (Lipinski definition) is 2. The van der Waals surface area contributed by atoms with Crippen LogP contribution in [0.25, 0.3) is 21.3 Å². The smallest absolute Gasteiger partial charge is 0.260 e. The van der Waals surface area contributed by atoms with Crippen molar-refractivity contribution in [2.24, 2.45) is 5.10 Å². The van der Waals surface area contributed by atoms with Crippen molar-refractivity contribution in [3.8, 4) is 22.6 Å². The normalized spacial score (nSPS) is 11.1. The number of aryl methyl sites for hydroxylation is 1. The van der Waals surface area contributed by atoms with E-state index in [1.165, 1.54) is 17.6 Å². The minimum Gasteiger partial charge on any atom is -0.493 e. The Morgan fingerprint density at radius 1 is 1.18 bits per heavy atom. The molecule has 0 aliphatic heterocycles. The van der Waals surface area contributed by atoms with Crippen LogP contribution in [0.2, 0.25) is 0 Å². The zero-order valence-electron chi connectivity index (χ0n) is 18.7. The fraction of sp³-hybridized carbons (Fsp3) is 0.167. The highest BCUT2D eigenvalue weighted by Crippen LogP contribution is 2.31. The minimum absolute atomic E-state index is 0.0495. The summed E-state index contributed by atoms with van der Waals surface area (Å²) in [5.41, 5.74) is 5.96. The van der Waals surface area contributed by atoms with E-state index in [1.807, 2.05) is 36.6 Å². The first-order chi connectivity index (χ1) is 16.5. The maximum absolute atomic E-state index is 12.7. The SMILES string of the molecule is COc1ccc(/C=N/NC(=O)CSc2nc3scc(-c4ccc(C)cc4)c3c(=O)[nH]2)cc1OC. The maximum atomic E-state index is 12.7. The summed E-state index contributed by atoms with van der Waals surface area (Å²) in [5.74, 6) is 0.901. The Labute approximate surface area is 204 Å². The molecule has 0 aliphatic rings. The monoisotopic (exact) mass is 494 g/mol. The van der Waals surface area contributed by atoms with E-state index in [2.05, 4.69) is 20.5 Å². The van der Waals surface area contributed by atoms with E-state index in [9.17, 15) is 9.59 Å². The van der Waals surface area contributed by atoms with Gasteiger partial charge in [-0.2, -0.15) is 5.10 Å². The number of carbonyl (C=O) groups is 1. The van der Waals surface area contributed by atoms with Crippen LogP contribution in [0.15, 0.2) is 62.9 Å². The van der Waals surface area contributed by atoms with Crippen molar-refractivity contribution in [3.05, 3.63) is 69.3 Å². The molecule has 4 aromatic rings. The highest BCUT2D eigenvalue weighted by atomic mass is 32.2. The lowest BCUT2D eigenvalue weighted by Gasteiger charge is -2.07. The molecule has 2 heterocycles. The van der Waals surface area contributed by atoms with Crippen LogP contribution in [0, 0.1) is 6.92 Å². The highest BCUT2D eigenvalue weighted by molar-refractivity contribution is 7.99. The number of thioether (sulfide) groups is 1. The molecule has 0 unspecified atom stereocenters. The topological polar surface area (TPSA) is 106 Å². The van der Waals surface area contributed by atoms with Gasteiger partial charge in [0.25, 0.3) is 11.5 Å². The van der Waals surface area contributed by atoms with E-state index >= 15 is 0 Å². The summed E-state index contributed by atoms with van der Waals surface area (Å²) in [6.07, 6.45) is 1.51. The average molecular weight is 495 g/mol. The number of benzene rings is 2. The number of amides is 1. The van der Waals surface area contributed by atoms with Gasteiger partial charge in [0, 0.05) is 10.9 Å². The number of methoxy groups -OCH3 is 2. The molecule has 0 fully saturated rings. The van der Waals surface area contributed by atoms with Crippen molar-refractivity contribution < 1.29 is 14.3 Å². The lowest BCUT2D eigenvalue weighted by atomic mass is 10.1. The first-order valence-electron chi connectivity index (χ1n) is 10.2. The fourth-order valence-corrected chi connectivity index (χ4v) is 4.88. The van der Waals surface area contributed by atoms with Crippen LogP contribution in [-0.2, 0) is 4.79 Å². The second-order valence-electron chi connectivity index (χ2n) is 7.26. The van der Waals surface area contributed by atoms with Crippen molar-refractivity contribution in [3.63, 3.8) is 0 Å². The van der Waals surface area contributed by atoms with Crippen LogP contribution in [0.5, 0.6) is 11.5 Å². The number of hydrazone groups is 1. The van der Waals surface area contributed by atoms with Gasteiger partial charge in [-0.05, 0) is 36.2 Å². The van der Waals surface area contributed by atoms with Crippen molar-refractivity contribution >= 4 is 45.4 Å². The molecule has 0 aliphatic carbocycles. The molecule has 8 nitrogen and oxygen atoms in total. The van der Waals surface area contributed by atoms with E-state index in [4.69, 9.17) is 9.47 Å². The van der Waals surface area contributed by atoms with Crippen molar-refractivity contribution in [2.45, 2.75) is 12.1 Å². The third-order valence-corrected chi connectivity index (χ3v) is 6.68. The second kappa shape index (κ2) is 10.5. The van der Waals surface area contributed by atoms with E-state index in [0.29, 0.717) is 26.9 Å². The van der Waals surface area contributed by atoms with Gasteiger partial charge >= 0.3 is 0 Å². The molecule has 0 bridgehead atoms. The van der Waals surface area contributed by atoms with Crippen LogP contribution < -0.4 is 20.5 Å². The summed E-state index contributed by atoms with van der Waals surface area (Å²) in [7, 11) is 3.11. The van der Waals surface area contributed by atoms with Gasteiger partial charge in [0.1, 0.15) is 4.83 Å². The average Bonchev–Trinajstić information content (AvgIpc) is 3.27. The number of thiophene rings is 1. The molecule has 2 N–H and O–H groups in total. The Bertz CT molecular complexity index is 1410. The fourth-order valence-electron chi connectivity index (χ4n) is 3.22. The number of carbonyl (C=O) groups excluding carboxylic acids is 1.